The molecular weight excluding hydrogens is 220 g/mol. The maximum atomic E-state index is 11.9. The normalized spacial score (nSPS) is 30.3. The molecule has 3 nitrogen and oxygen atoms in total. The number of amides is 1. The number of carbonyl (C=O) groups excluding carboxylic acids is 1. The minimum atomic E-state index is 0.393. The van der Waals surface area contributed by atoms with Gasteiger partial charge in [-0.05, 0) is 50.3 Å². The van der Waals surface area contributed by atoms with Crippen LogP contribution in [0.4, 0.5) is 0 Å². The molecule has 0 aliphatic carbocycles. The number of hydrogen-bond acceptors (Lipinski definition) is 3. The predicted octanol–water partition coefficient (Wildman–Crippen LogP) is 1.34. The van der Waals surface area contributed by atoms with Crippen LogP contribution >= 0.6 is 11.8 Å². The van der Waals surface area contributed by atoms with Crippen LogP contribution in [0.1, 0.15) is 25.7 Å². The Morgan fingerprint density at radius 3 is 3.19 bits per heavy atom. The summed E-state index contributed by atoms with van der Waals surface area (Å²) in [6.07, 6.45) is 6.28. The molecule has 0 saturated carbocycles. The van der Waals surface area contributed by atoms with Crippen molar-refractivity contribution >= 4 is 17.7 Å². The summed E-state index contributed by atoms with van der Waals surface area (Å²) in [6, 6.07) is 0.532. The van der Waals surface area contributed by atoms with Gasteiger partial charge in [0, 0.05) is 19.0 Å². The third-order valence-corrected chi connectivity index (χ3v) is 4.46. The van der Waals surface area contributed by atoms with Crippen LogP contribution in [0.5, 0.6) is 0 Å². The number of piperidine rings is 2. The minimum Gasteiger partial charge on any atom is -0.339 e. The Balaban J connectivity index is 1.92. The Hall–Kier alpha value is -0.220. The maximum Gasteiger partial charge on any atom is 0.222 e. The molecule has 0 radical (unpaired) electrons. The van der Waals surface area contributed by atoms with Gasteiger partial charge in [0.1, 0.15) is 0 Å². The van der Waals surface area contributed by atoms with E-state index in [1.807, 2.05) is 11.8 Å². The topological polar surface area (TPSA) is 32.3 Å². The average molecular weight is 242 g/mol. The summed E-state index contributed by atoms with van der Waals surface area (Å²) in [5.41, 5.74) is 0. The van der Waals surface area contributed by atoms with Gasteiger partial charge in [-0.3, -0.25) is 4.79 Å². The van der Waals surface area contributed by atoms with Crippen LogP contribution < -0.4 is 5.32 Å². The number of hydrogen-bond donors (Lipinski definition) is 1. The predicted molar refractivity (Wildman–Crippen MR) is 68.7 cm³/mol. The first-order valence-electron chi connectivity index (χ1n) is 6.32. The highest BCUT2D eigenvalue weighted by Crippen LogP contribution is 2.28. The molecule has 4 heteroatoms. The van der Waals surface area contributed by atoms with E-state index >= 15 is 0 Å². The highest BCUT2D eigenvalue weighted by molar-refractivity contribution is 7.98. The molecule has 2 aliphatic heterocycles. The zero-order valence-corrected chi connectivity index (χ0v) is 10.9. The molecule has 2 heterocycles. The lowest BCUT2D eigenvalue weighted by atomic mass is 9.84. The van der Waals surface area contributed by atoms with E-state index in [1.165, 1.54) is 5.75 Å². The number of thioether (sulfide) groups is 1. The van der Waals surface area contributed by atoms with Gasteiger partial charge >= 0.3 is 0 Å². The van der Waals surface area contributed by atoms with Crippen molar-refractivity contribution in [3.8, 4) is 0 Å². The van der Waals surface area contributed by atoms with E-state index in [-0.39, 0.29) is 0 Å². The molecule has 1 N–H and O–H groups in total. The zero-order valence-electron chi connectivity index (χ0n) is 10.1. The lowest BCUT2D eigenvalue weighted by Gasteiger charge is -2.44. The van der Waals surface area contributed by atoms with Crippen molar-refractivity contribution in [1.29, 1.82) is 0 Å². The lowest BCUT2D eigenvalue weighted by Crippen LogP contribution is -2.55. The Bertz CT molecular complexity index is 247. The van der Waals surface area contributed by atoms with Crippen LogP contribution in [0.15, 0.2) is 0 Å². The van der Waals surface area contributed by atoms with Crippen molar-refractivity contribution in [3.63, 3.8) is 0 Å². The molecular formula is C12H22N2OS. The van der Waals surface area contributed by atoms with E-state index in [0.717, 1.165) is 45.3 Å². The van der Waals surface area contributed by atoms with E-state index < -0.39 is 0 Å². The molecule has 0 bridgehead atoms. The van der Waals surface area contributed by atoms with E-state index in [4.69, 9.17) is 0 Å². The summed E-state index contributed by atoms with van der Waals surface area (Å²) in [7, 11) is 0. The van der Waals surface area contributed by atoms with E-state index in [0.29, 0.717) is 17.9 Å². The third-order valence-electron chi connectivity index (χ3n) is 3.76. The smallest absolute Gasteiger partial charge is 0.222 e. The Kier molecular flexibility index (Phi) is 4.53. The van der Waals surface area contributed by atoms with Gasteiger partial charge in [-0.25, -0.2) is 0 Å². The molecule has 0 aromatic carbocycles. The minimum absolute atomic E-state index is 0.393. The molecule has 16 heavy (non-hydrogen) atoms. The van der Waals surface area contributed by atoms with Crippen LogP contribution in [0, 0.1) is 5.92 Å². The zero-order chi connectivity index (χ0) is 11.4. The van der Waals surface area contributed by atoms with Gasteiger partial charge in [-0.1, -0.05) is 0 Å². The number of carbonyl (C=O) groups is 1. The largest absolute Gasteiger partial charge is 0.339 e. The van der Waals surface area contributed by atoms with Crippen molar-refractivity contribution in [1.82, 2.24) is 10.2 Å². The quantitative estimate of drug-likeness (QED) is 0.755. The molecule has 0 aromatic rings. The van der Waals surface area contributed by atoms with Gasteiger partial charge in [0.05, 0.1) is 0 Å². The van der Waals surface area contributed by atoms with E-state index in [2.05, 4.69) is 16.5 Å². The Morgan fingerprint density at radius 1 is 1.50 bits per heavy atom. The van der Waals surface area contributed by atoms with Crippen LogP contribution in [0.25, 0.3) is 0 Å². The second-order valence-electron chi connectivity index (χ2n) is 4.79. The molecule has 1 amide bonds. The van der Waals surface area contributed by atoms with Gasteiger partial charge in [0.25, 0.3) is 0 Å². The monoisotopic (exact) mass is 242 g/mol. The first-order chi connectivity index (χ1) is 7.83. The van der Waals surface area contributed by atoms with Gasteiger partial charge in [-0.2, -0.15) is 11.8 Å². The third kappa shape index (κ3) is 2.72. The second-order valence-corrected chi connectivity index (χ2v) is 5.78. The number of nitrogens with one attached hydrogen (secondary N) is 1. The van der Waals surface area contributed by atoms with Crippen molar-refractivity contribution < 1.29 is 4.79 Å². The van der Waals surface area contributed by atoms with Gasteiger partial charge in [0.2, 0.25) is 5.91 Å². The Morgan fingerprint density at radius 2 is 2.38 bits per heavy atom. The summed E-state index contributed by atoms with van der Waals surface area (Å²) in [6.45, 7) is 3.16. The SMILES string of the molecule is CSCCCN1C(=O)CCC2CNCCC21. The Labute approximate surface area is 102 Å². The van der Waals surface area contributed by atoms with Crippen LogP contribution in [0.3, 0.4) is 0 Å². The standard InChI is InChI=1S/C12H22N2OS/c1-16-8-2-7-14-11-5-6-13-9-10(11)3-4-12(14)15/h10-11,13H,2-9H2,1H3. The molecule has 0 aromatic heterocycles. The van der Waals surface area contributed by atoms with Crippen LogP contribution in [0.2, 0.25) is 0 Å². The van der Waals surface area contributed by atoms with Crippen LogP contribution in [-0.2, 0) is 4.79 Å². The molecule has 2 aliphatic rings. The van der Waals surface area contributed by atoms with Crippen molar-refractivity contribution in [2.45, 2.75) is 31.7 Å². The maximum absolute atomic E-state index is 11.9. The fourth-order valence-electron chi connectivity index (χ4n) is 2.92. The second kappa shape index (κ2) is 5.92. The first kappa shape index (κ1) is 12.2. The van der Waals surface area contributed by atoms with E-state index in [1.54, 1.807) is 0 Å². The molecule has 2 saturated heterocycles. The fraction of sp³-hybridized carbons (Fsp3) is 0.917. The summed E-state index contributed by atoms with van der Waals surface area (Å²) in [5, 5.41) is 3.44. The van der Waals surface area contributed by atoms with Crippen LogP contribution in [-0.4, -0.2) is 48.5 Å². The first-order valence-corrected chi connectivity index (χ1v) is 7.71. The lowest BCUT2D eigenvalue weighted by molar-refractivity contribution is -0.139. The highest BCUT2D eigenvalue weighted by Gasteiger charge is 2.36. The summed E-state index contributed by atoms with van der Waals surface area (Å²) in [5.74, 6) is 2.27. The molecule has 2 fully saturated rings. The molecule has 92 valence electrons. The van der Waals surface area contributed by atoms with Crippen molar-refractivity contribution in [3.05, 3.63) is 0 Å². The van der Waals surface area contributed by atoms with E-state index in [9.17, 15) is 4.79 Å². The van der Waals surface area contributed by atoms with Crippen molar-refractivity contribution in [2.24, 2.45) is 5.92 Å². The summed E-state index contributed by atoms with van der Waals surface area (Å²) < 4.78 is 0. The summed E-state index contributed by atoms with van der Waals surface area (Å²) >= 11 is 1.87. The average Bonchev–Trinajstić information content (AvgIpc) is 2.32. The number of likely N-dealkylation sites (tertiary alicyclic amines) is 1. The number of nitrogens with zero attached hydrogens (tertiary/aromatic N) is 1. The molecule has 2 rings (SSSR count). The molecule has 2 atom stereocenters. The van der Waals surface area contributed by atoms with Gasteiger partial charge in [0.15, 0.2) is 0 Å². The highest BCUT2D eigenvalue weighted by atomic mass is 32.2. The number of fused-ring (bicyclic) bond motifs is 1. The van der Waals surface area contributed by atoms with Gasteiger partial charge in [-0.15, -0.1) is 0 Å². The fourth-order valence-corrected chi connectivity index (χ4v) is 3.34. The number of rotatable bonds is 4. The molecule has 2 unspecified atom stereocenters. The van der Waals surface area contributed by atoms with Crippen molar-refractivity contribution in [2.75, 3.05) is 31.6 Å². The molecule has 0 spiro atoms. The van der Waals surface area contributed by atoms with Gasteiger partial charge < -0.3 is 10.2 Å². The summed E-state index contributed by atoms with van der Waals surface area (Å²) in [4.78, 5) is 14.1.